The Bertz CT molecular complexity index is 1930. The lowest BCUT2D eigenvalue weighted by molar-refractivity contribution is 0.0302. The molecule has 7 rings (SSSR count). The van der Waals surface area contributed by atoms with Crippen molar-refractivity contribution in [1.29, 1.82) is 0 Å². The summed E-state index contributed by atoms with van der Waals surface area (Å²) in [4.78, 5) is 50.7. The number of morpholine rings is 1. The van der Waals surface area contributed by atoms with Crippen molar-refractivity contribution < 1.29 is 19.4 Å². The maximum absolute atomic E-state index is 13.6. The van der Waals surface area contributed by atoms with Crippen LogP contribution in [0.1, 0.15) is 49.6 Å². The van der Waals surface area contributed by atoms with Crippen LogP contribution in [0.2, 0.25) is 0 Å². The number of ether oxygens (including phenoxy) is 1. The van der Waals surface area contributed by atoms with Gasteiger partial charge in [-0.3, -0.25) is 19.4 Å². The number of pyridine rings is 2. The van der Waals surface area contributed by atoms with E-state index in [9.17, 15) is 19.5 Å². The molecular formula is C31H30N8O5S. The molecule has 0 aromatic carbocycles. The van der Waals surface area contributed by atoms with E-state index in [4.69, 9.17) is 4.74 Å². The van der Waals surface area contributed by atoms with E-state index in [0.717, 1.165) is 31.1 Å². The molecule has 1 aliphatic carbocycles. The van der Waals surface area contributed by atoms with Gasteiger partial charge in [0.2, 0.25) is 0 Å². The zero-order valence-electron chi connectivity index (χ0n) is 24.5. The Labute approximate surface area is 261 Å². The fourth-order valence-electron chi connectivity index (χ4n) is 5.87. The highest BCUT2D eigenvalue weighted by molar-refractivity contribution is 7.19. The minimum atomic E-state index is -1.14. The third-order valence-corrected chi connectivity index (χ3v) is 9.53. The summed E-state index contributed by atoms with van der Waals surface area (Å²) in [6, 6.07) is 4.96. The van der Waals surface area contributed by atoms with Gasteiger partial charge in [0.05, 0.1) is 41.9 Å². The molecule has 45 heavy (non-hydrogen) atoms. The van der Waals surface area contributed by atoms with E-state index in [1.165, 1.54) is 43.9 Å². The van der Waals surface area contributed by atoms with E-state index >= 15 is 0 Å². The number of aldehydes is 1. The summed E-state index contributed by atoms with van der Waals surface area (Å²) >= 11 is 1.49. The Morgan fingerprint density at radius 1 is 1.13 bits per heavy atom. The third-order valence-electron chi connectivity index (χ3n) is 8.24. The summed E-state index contributed by atoms with van der Waals surface area (Å²) in [7, 11) is 1.60. The molecule has 6 heterocycles. The Hall–Kier alpha value is -4.79. The molecule has 4 aromatic heterocycles. The number of aryl methyl sites for hydroxylation is 2. The molecule has 1 atom stereocenters. The van der Waals surface area contributed by atoms with E-state index in [1.807, 2.05) is 0 Å². The minimum Gasteiger partial charge on any atom is -0.378 e. The van der Waals surface area contributed by atoms with Gasteiger partial charge in [0.1, 0.15) is 10.5 Å². The molecule has 3 aliphatic rings. The number of nitrogens with one attached hydrogen (secondary N) is 1. The van der Waals surface area contributed by atoms with Crippen molar-refractivity contribution >= 4 is 45.1 Å². The van der Waals surface area contributed by atoms with Crippen LogP contribution >= 0.6 is 11.3 Å². The lowest BCUT2D eigenvalue weighted by Gasteiger charge is -2.29. The lowest BCUT2D eigenvalue weighted by Crippen LogP contribution is -2.40. The van der Waals surface area contributed by atoms with Crippen molar-refractivity contribution in [3.8, 4) is 5.82 Å². The Balaban J connectivity index is 1.20. The molecule has 0 saturated carbocycles. The van der Waals surface area contributed by atoms with Gasteiger partial charge in [-0.05, 0) is 55.5 Å². The molecule has 0 spiro atoms. The summed E-state index contributed by atoms with van der Waals surface area (Å²) in [6.07, 6.45) is 9.86. The monoisotopic (exact) mass is 626 g/mol. The number of aromatic nitrogens is 4. The van der Waals surface area contributed by atoms with Gasteiger partial charge in [-0.15, -0.1) is 11.3 Å². The van der Waals surface area contributed by atoms with Crippen LogP contribution in [0.15, 0.2) is 58.5 Å². The Morgan fingerprint density at radius 2 is 1.96 bits per heavy atom. The molecule has 230 valence electrons. The number of likely N-dealkylation sites (N-methyl/N-ethyl adjacent to an activating group) is 1. The summed E-state index contributed by atoms with van der Waals surface area (Å²) in [5.41, 5.74) is 2.57. The Morgan fingerprint density at radius 3 is 2.73 bits per heavy atom. The maximum atomic E-state index is 13.6. The smallest absolute Gasteiger partial charge is 0.290 e. The van der Waals surface area contributed by atoms with Crippen LogP contribution in [-0.2, 0) is 17.6 Å². The van der Waals surface area contributed by atoms with Crippen molar-refractivity contribution in [2.45, 2.75) is 31.9 Å². The first-order valence-corrected chi connectivity index (χ1v) is 15.5. The topological polar surface area (TPSA) is 155 Å². The van der Waals surface area contributed by atoms with Gasteiger partial charge in [-0.2, -0.15) is 14.9 Å². The normalized spacial score (nSPS) is 18.3. The molecule has 1 fully saturated rings. The van der Waals surface area contributed by atoms with E-state index < -0.39 is 6.23 Å². The van der Waals surface area contributed by atoms with E-state index in [0.29, 0.717) is 65.6 Å². The van der Waals surface area contributed by atoms with Gasteiger partial charge >= 0.3 is 0 Å². The summed E-state index contributed by atoms with van der Waals surface area (Å²) in [5, 5.41) is 25.1. The first-order chi connectivity index (χ1) is 21.9. The quantitative estimate of drug-likeness (QED) is 0.305. The number of hydrazone groups is 1. The minimum absolute atomic E-state index is 0.0994. The highest BCUT2D eigenvalue weighted by atomic mass is 32.1. The molecule has 14 heteroatoms. The van der Waals surface area contributed by atoms with Crippen molar-refractivity contribution in [3.05, 3.63) is 86.0 Å². The number of carbonyl (C=O) groups excluding carboxylic acids is 2. The maximum Gasteiger partial charge on any atom is 0.290 e. The van der Waals surface area contributed by atoms with Gasteiger partial charge in [0.15, 0.2) is 18.3 Å². The number of fused-ring (bicyclic) bond motifs is 3. The molecular weight excluding hydrogens is 596 g/mol. The molecule has 1 saturated heterocycles. The first-order valence-electron chi connectivity index (χ1n) is 14.7. The van der Waals surface area contributed by atoms with Gasteiger partial charge in [0.25, 0.3) is 11.5 Å². The number of hydrogen-bond donors (Lipinski definition) is 2. The number of aliphatic hydroxyl groups excluding tert-OH is 1. The van der Waals surface area contributed by atoms with Crippen LogP contribution in [0.4, 0.5) is 5.82 Å². The number of thiophene rings is 1. The molecule has 4 aromatic rings. The molecule has 2 aliphatic heterocycles. The number of anilines is 1. The molecule has 0 bridgehead atoms. The average molecular weight is 627 g/mol. The van der Waals surface area contributed by atoms with Crippen LogP contribution in [0.3, 0.4) is 0 Å². The van der Waals surface area contributed by atoms with Crippen molar-refractivity contribution in [1.82, 2.24) is 29.7 Å². The van der Waals surface area contributed by atoms with Gasteiger partial charge in [-0.1, -0.05) is 0 Å². The number of aliphatic hydroxyl groups is 1. The van der Waals surface area contributed by atoms with Crippen LogP contribution in [0.25, 0.3) is 15.9 Å². The fraction of sp³-hybridized carbons (Fsp3) is 0.323. The SMILES string of the molecule is CN1N=C(c2ccnc(-n3ncc4c5c(sc4c3=O)CCCC5)c2C=O)C=C(Nc2ccc(C(=O)N3CCOCC3)cn2)C1O. The van der Waals surface area contributed by atoms with Crippen molar-refractivity contribution in [2.24, 2.45) is 5.10 Å². The number of hydrogen-bond acceptors (Lipinski definition) is 12. The number of amides is 1. The molecule has 13 nitrogen and oxygen atoms in total. The second kappa shape index (κ2) is 12.0. The average Bonchev–Trinajstić information content (AvgIpc) is 3.47. The van der Waals surface area contributed by atoms with Crippen LogP contribution in [-0.4, -0.2) is 92.2 Å². The molecule has 1 amide bonds. The lowest BCUT2D eigenvalue weighted by atomic mass is 9.97. The van der Waals surface area contributed by atoms with E-state index in [-0.39, 0.29) is 22.8 Å². The predicted molar refractivity (Wildman–Crippen MR) is 168 cm³/mol. The van der Waals surface area contributed by atoms with Gasteiger partial charge < -0.3 is 20.1 Å². The fourth-order valence-corrected chi connectivity index (χ4v) is 7.16. The van der Waals surface area contributed by atoms with Crippen molar-refractivity contribution in [2.75, 3.05) is 38.7 Å². The molecule has 2 N–H and O–H groups in total. The zero-order chi connectivity index (χ0) is 31.1. The highest BCUT2D eigenvalue weighted by Gasteiger charge is 2.27. The second-order valence-electron chi connectivity index (χ2n) is 11.0. The number of rotatable bonds is 6. The second-order valence-corrected chi connectivity index (χ2v) is 12.1. The van der Waals surface area contributed by atoms with Crippen LogP contribution in [0.5, 0.6) is 0 Å². The third kappa shape index (κ3) is 5.30. The van der Waals surface area contributed by atoms with Crippen LogP contribution in [0, 0.1) is 0 Å². The standard InChI is InChI=1S/C31H30N8O5S/c1-37-30(42)24(35-26-7-6-18(15-33-26)29(41)38-10-12-44-13-11-38)14-23(36-37)19-8-9-32-28(22(19)17-40)39-31(43)27-21(16-34-39)20-4-2-3-5-25(20)45-27/h6-9,14-17,30,42H,2-5,10-13H2,1H3,(H,33,35). The van der Waals surface area contributed by atoms with E-state index in [2.05, 4.69) is 25.5 Å². The van der Waals surface area contributed by atoms with E-state index in [1.54, 1.807) is 42.4 Å². The summed E-state index contributed by atoms with van der Waals surface area (Å²) < 4.78 is 7.10. The Kier molecular flexibility index (Phi) is 7.69. The largest absolute Gasteiger partial charge is 0.378 e. The number of allylic oxidation sites excluding steroid dienone is 1. The number of carbonyl (C=O) groups is 2. The molecule has 0 radical (unpaired) electrons. The van der Waals surface area contributed by atoms with Crippen LogP contribution < -0.4 is 10.9 Å². The first kappa shape index (κ1) is 29.0. The zero-order valence-corrected chi connectivity index (χ0v) is 25.3. The van der Waals surface area contributed by atoms with Gasteiger partial charge in [-0.25, -0.2) is 9.97 Å². The van der Waals surface area contributed by atoms with Gasteiger partial charge in [0, 0.05) is 48.4 Å². The predicted octanol–water partition coefficient (Wildman–Crippen LogP) is 2.36. The summed E-state index contributed by atoms with van der Waals surface area (Å²) in [6.45, 7) is 2.07. The number of nitrogens with zero attached hydrogens (tertiary/aromatic N) is 7. The van der Waals surface area contributed by atoms with Crippen molar-refractivity contribution in [3.63, 3.8) is 0 Å². The summed E-state index contributed by atoms with van der Waals surface area (Å²) in [5.74, 6) is 0.384. The highest BCUT2D eigenvalue weighted by Crippen LogP contribution is 2.34. The molecule has 1 unspecified atom stereocenters.